The molecule has 3 nitrogen and oxygen atoms in total. The van der Waals surface area contributed by atoms with Crippen LogP contribution in [-0.4, -0.2) is 9.55 Å². The summed E-state index contributed by atoms with van der Waals surface area (Å²) in [7, 11) is 0. The van der Waals surface area contributed by atoms with Crippen LogP contribution in [0.2, 0.25) is 0 Å². The maximum Gasteiger partial charge on any atom is 0.205 e. The minimum Gasteiger partial charge on any atom is -0.369 e. The lowest BCUT2D eigenvalue weighted by atomic mass is 10.2. The molecule has 0 atom stereocenters. The third kappa shape index (κ3) is 1.98. The summed E-state index contributed by atoms with van der Waals surface area (Å²) in [6.45, 7) is 3.74. The van der Waals surface area contributed by atoms with Gasteiger partial charge in [0.05, 0.1) is 16.7 Å². The lowest BCUT2D eigenvalue weighted by Gasteiger charge is -2.10. The SMILES string of the molecule is Cc1ccc(Br)c(-n2c(N)nc3cc(F)c(C)cc32)c1. The van der Waals surface area contributed by atoms with Crippen molar-refractivity contribution in [1.29, 1.82) is 0 Å². The molecule has 0 saturated heterocycles. The summed E-state index contributed by atoms with van der Waals surface area (Å²) in [5.41, 5.74) is 9.95. The fourth-order valence-corrected chi connectivity index (χ4v) is 2.69. The van der Waals surface area contributed by atoms with Gasteiger partial charge in [0.2, 0.25) is 5.95 Å². The summed E-state index contributed by atoms with van der Waals surface area (Å²) >= 11 is 3.53. The summed E-state index contributed by atoms with van der Waals surface area (Å²) in [6, 6.07) is 9.17. The predicted molar refractivity (Wildman–Crippen MR) is 82.6 cm³/mol. The molecule has 102 valence electrons. The van der Waals surface area contributed by atoms with Crippen molar-refractivity contribution >= 4 is 32.9 Å². The van der Waals surface area contributed by atoms with Gasteiger partial charge in [-0.3, -0.25) is 4.57 Å². The maximum atomic E-state index is 13.6. The highest BCUT2D eigenvalue weighted by atomic mass is 79.9. The van der Waals surface area contributed by atoms with E-state index >= 15 is 0 Å². The van der Waals surface area contributed by atoms with E-state index in [1.165, 1.54) is 6.07 Å². The van der Waals surface area contributed by atoms with E-state index in [4.69, 9.17) is 5.73 Å². The molecular formula is C15H13BrFN3. The summed E-state index contributed by atoms with van der Waals surface area (Å²) in [6.07, 6.45) is 0. The summed E-state index contributed by atoms with van der Waals surface area (Å²) in [5.74, 6) is 0.0711. The molecule has 3 aromatic rings. The molecule has 0 spiro atoms. The number of aromatic nitrogens is 2. The Labute approximate surface area is 124 Å². The van der Waals surface area contributed by atoms with E-state index in [9.17, 15) is 4.39 Å². The van der Waals surface area contributed by atoms with E-state index < -0.39 is 0 Å². The number of anilines is 1. The molecule has 0 radical (unpaired) electrons. The first kappa shape index (κ1) is 13.1. The molecule has 0 unspecified atom stereocenters. The average molecular weight is 334 g/mol. The van der Waals surface area contributed by atoms with Crippen molar-refractivity contribution in [2.75, 3.05) is 5.73 Å². The minimum atomic E-state index is -0.273. The van der Waals surface area contributed by atoms with Crippen LogP contribution in [0.5, 0.6) is 0 Å². The molecule has 0 saturated carbocycles. The van der Waals surface area contributed by atoms with Gasteiger partial charge in [0.15, 0.2) is 0 Å². The first-order valence-electron chi connectivity index (χ1n) is 6.18. The third-order valence-corrected chi connectivity index (χ3v) is 3.97. The Morgan fingerprint density at radius 2 is 1.95 bits per heavy atom. The van der Waals surface area contributed by atoms with Gasteiger partial charge in [-0.1, -0.05) is 6.07 Å². The predicted octanol–water partition coefficient (Wildman–Crippen LogP) is 4.13. The maximum absolute atomic E-state index is 13.6. The van der Waals surface area contributed by atoms with Crippen molar-refractivity contribution in [3.63, 3.8) is 0 Å². The van der Waals surface area contributed by atoms with Crippen molar-refractivity contribution in [3.8, 4) is 5.69 Å². The second kappa shape index (κ2) is 4.59. The molecule has 1 aromatic heterocycles. The zero-order valence-electron chi connectivity index (χ0n) is 11.1. The van der Waals surface area contributed by atoms with E-state index in [0.717, 1.165) is 21.2 Å². The Bertz CT molecular complexity index is 824. The molecule has 2 N–H and O–H groups in total. The zero-order valence-corrected chi connectivity index (χ0v) is 12.7. The quantitative estimate of drug-likeness (QED) is 0.727. The average Bonchev–Trinajstić information content (AvgIpc) is 2.69. The van der Waals surface area contributed by atoms with E-state index in [0.29, 0.717) is 17.0 Å². The Kier molecular flexibility index (Phi) is 3.01. The second-order valence-electron chi connectivity index (χ2n) is 4.85. The van der Waals surface area contributed by atoms with Crippen LogP contribution < -0.4 is 5.73 Å². The van der Waals surface area contributed by atoms with Crippen molar-refractivity contribution in [1.82, 2.24) is 9.55 Å². The fourth-order valence-electron chi connectivity index (χ4n) is 2.27. The lowest BCUT2D eigenvalue weighted by Crippen LogP contribution is -2.02. The lowest BCUT2D eigenvalue weighted by molar-refractivity contribution is 0.620. The second-order valence-corrected chi connectivity index (χ2v) is 5.70. The highest BCUT2D eigenvalue weighted by Crippen LogP contribution is 2.30. The monoisotopic (exact) mass is 333 g/mol. The van der Waals surface area contributed by atoms with Crippen LogP contribution in [0, 0.1) is 19.7 Å². The van der Waals surface area contributed by atoms with Gasteiger partial charge in [-0.15, -0.1) is 0 Å². The molecule has 2 aromatic carbocycles. The number of nitrogens with zero attached hydrogens (tertiary/aromatic N) is 2. The van der Waals surface area contributed by atoms with E-state index in [1.807, 2.05) is 29.7 Å². The number of fused-ring (bicyclic) bond motifs is 1. The molecular weight excluding hydrogens is 321 g/mol. The van der Waals surface area contributed by atoms with Crippen LogP contribution in [0.4, 0.5) is 10.3 Å². The summed E-state index contributed by atoms with van der Waals surface area (Å²) in [5, 5.41) is 0. The highest BCUT2D eigenvalue weighted by molar-refractivity contribution is 9.10. The van der Waals surface area contributed by atoms with Gasteiger partial charge in [-0.2, -0.15) is 0 Å². The van der Waals surface area contributed by atoms with E-state index in [-0.39, 0.29) is 5.82 Å². The molecule has 0 aliphatic heterocycles. The van der Waals surface area contributed by atoms with Crippen molar-refractivity contribution < 1.29 is 4.39 Å². The first-order valence-corrected chi connectivity index (χ1v) is 6.97. The first-order chi connectivity index (χ1) is 9.47. The van der Waals surface area contributed by atoms with Crippen LogP contribution in [0.1, 0.15) is 11.1 Å². The van der Waals surface area contributed by atoms with Gasteiger partial charge >= 0.3 is 0 Å². The Morgan fingerprint density at radius 1 is 1.20 bits per heavy atom. The Balaban J connectivity index is 2.38. The largest absolute Gasteiger partial charge is 0.369 e. The summed E-state index contributed by atoms with van der Waals surface area (Å²) in [4.78, 5) is 4.24. The van der Waals surface area contributed by atoms with Crippen LogP contribution >= 0.6 is 15.9 Å². The number of nitrogen functional groups attached to an aromatic ring is 1. The molecule has 5 heteroatoms. The minimum absolute atomic E-state index is 0.273. The van der Waals surface area contributed by atoms with Crippen molar-refractivity contribution in [2.24, 2.45) is 0 Å². The highest BCUT2D eigenvalue weighted by Gasteiger charge is 2.14. The molecule has 0 fully saturated rings. The van der Waals surface area contributed by atoms with E-state index in [2.05, 4.69) is 20.9 Å². The Hall–Kier alpha value is -1.88. The number of rotatable bonds is 1. The van der Waals surface area contributed by atoms with Gasteiger partial charge < -0.3 is 5.73 Å². The van der Waals surface area contributed by atoms with Gasteiger partial charge in [0, 0.05) is 10.5 Å². The van der Waals surface area contributed by atoms with Crippen LogP contribution in [-0.2, 0) is 0 Å². The molecule has 0 bridgehead atoms. The molecule has 0 aliphatic carbocycles. The number of hydrogen-bond donors (Lipinski definition) is 1. The van der Waals surface area contributed by atoms with Gasteiger partial charge in [0.1, 0.15) is 5.82 Å². The van der Waals surface area contributed by atoms with Gasteiger partial charge in [0.25, 0.3) is 0 Å². The smallest absolute Gasteiger partial charge is 0.205 e. The number of hydrogen-bond acceptors (Lipinski definition) is 2. The molecule has 0 amide bonds. The van der Waals surface area contributed by atoms with Gasteiger partial charge in [-0.25, -0.2) is 9.37 Å². The van der Waals surface area contributed by atoms with Crippen LogP contribution in [0.15, 0.2) is 34.8 Å². The number of benzene rings is 2. The molecule has 1 heterocycles. The van der Waals surface area contributed by atoms with E-state index in [1.54, 1.807) is 13.0 Å². The molecule has 3 rings (SSSR count). The molecule has 0 aliphatic rings. The van der Waals surface area contributed by atoms with Crippen molar-refractivity contribution in [3.05, 3.63) is 51.7 Å². The number of imidazole rings is 1. The third-order valence-electron chi connectivity index (χ3n) is 3.30. The standard InChI is InChI=1S/C15H13BrFN3/c1-8-3-4-10(16)13(5-8)20-14-6-9(2)11(17)7-12(14)19-15(20)18/h3-7H,1-2H3,(H2,18,19). The zero-order chi connectivity index (χ0) is 14.4. The Morgan fingerprint density at radius 3 is 2.70 bits per heavy atom. The topological polar surface area (TPSA) is 43.8 Å². The van der Waals surface area contributed by atoms with Crippen molar-refractivity contribution in [2.45, 2.75) is 13.8 Å². The number of aryl methyl sites for hydroxylation is 2. The fraction of sp³-hybridized carbons (Fsp3) is 0.133. The number of nitrogens with two attached hydrogens (primary N) is 1. The number of halogens is 2. The van der Waals surface area contributed by atoms with Crippen LogP contribution in [0.25, 0.3) is 16.7 Å². The normalized spacial score (nSPS) is 11.2. The van der Waals surface area contributed by atoms with Crippen LogP contribution in [0.3, 0.4) is 0 Å². The van der Waals surface area contributed by atoms with Gasteiger partial charge in [-0.05, 0) is 59.1 Å². The summed E-state index contributed by atoms with van der Waals surface area (Å²) < 4.78 is 16.4. The molecule has 20 heavy (non-hydrogen) atoms.